The number of fused-ring (bicyclic) bond motifs is 2. The second kappa shape index (κ2) is 10.2. The minimum absolute atomic E-state index is 0.274. The first kappa shape index (κ1) is 23.4. The fourth-order valence-corrected chi connectivity index (χ4v) is 4.58. The van der Waals surface area contributed by atoms with Crippen molar-refractivity contribution in [1.29, 1.82) is 0 Å². The van der Waals surface area contributed by atoms with Crippen molar-refractivity contribution >= 4 is 16.6 Å². The van der Waals surface area contributed by atoms with E-state index in [1.54, 1.807) is 19.5 Å². The average Bonchev–Trinajstić information content (AvgIpc) is 3.60. The standard InChI is InChI=1S/C27H26FN5O4/c1-34-9-10-35-17-6-8-33-22(14-31-26(33)11-17)21-12-19(25-15-30-16-36-25)18-3-2-4-24(27(18)32-21)37-23-5-7-29-13-20(23)28/h2-4,6,8,11-12,14-16,20,23,29H,5,7,9-10,13H2,1H3/t20-,23?/m1/s1. The number of nitrogens with zero attached hydrogens (tertiary/aromatic N) is 4. The van der Waals surface area contributed by atoms with Crippen LogP contribution in [0.1, 0.15) is 6.42 Å². The molecule has 0 spiro atoms. The summed E-state index contributed by atoms with van der Waals surface area (Å²) in [4.78, 5) is 13.6. The first-order valence-corrected chi connectivity index (χ1v) is 12.1. The summed E-state index contributed by atoms with van der Waals surface area (Å²) >= 11 is 0. The molecule has 9 nitrogen and oxygen atoms in total. The third-order valence-corrected chi connectivity index (χ3v) is 6.43. The number of imidazole rings is 1. The van der Waals surface area contributed by atoms with Crippen LogP contribution in [0.3, 0.4) is 0 Å². The number of pyridine rings is 2. The van der Waals surface area contributed by atoms with E-state index in [1.807, 2.05) is 47.0 Å². The fourth-order valence-electron chi connectivity index (χ4n) is 4.58. The van der Waals surface area contributed by atoms with Gasteiger partial charge in [-0.05, 0) is 31.2 Å². The van der Waals surface area contributed by atoms with Gasteiger partial charge in [0.15, 0.2) is 12.2 Å². The summed E-state index contributed by atoms with van der Waals surface area (Å²) in [5, 5.41) is 3.89. The van der Waals surface area contributed by atoms with E-state index in [0.717, 1.165) is 16.6 Å². The highest BCUT2D eigenvalue weighted by atomic mass is 19.1. The summed E-state index contributed by atoms with van der Waals surface area (Å²) in [5.74, 6) is 1.82. The molecule has 5 heterocycles. The van der Waals surface area contributed by atoms with E-state index >= 15 is 0 Å². The molecule has 1 aliphatic rings. The number of hydrogen-bond donors (Lipinski definition) is 1. The lowest BCUT2D eigenvalue weighted by Crippen LogP contribution is -2.44. The normalized spacial score (nSPS) is 17.9. The zero-order valence-electron chi connectivity index (χ0n) is 20.3. The molecule has 0 saturated carbocycles. The molecule has 190 valence electrons. The van der Waals surface area contributed by atoms with E-state index in [0.29, 0.717) is 60.3 Å². The second-order valence-corrected chi connectivity index (χ2v) is 8.81. The summed E-state index contributed by atoms with van der Waals surface area (Å²) in [6.07, 6.45) is 5.65. The van der Waals surface area contributed by atoms with Crippen LogP contribution in [-0.2, 0) is 4.74 Å². The molecule has 6 rings (SSSR count). The van der Waals surface area contributed by atoms with Gasteiger partial charge in [0, 0.05) is 36.9 Å². The van der Waals surface area contributed by atoms with E-state index in [9.17, 15) is 4.39 Å². The zero-order valence-corrected chi connectivity index (χ0v) is 20.3. The van der Waals surface area contributed by atoms with Crippen molar-refractivity contribution in [3.8, 4) is 34.2 Å². The molecule has 1 saturated heterocycles. The minimum atomic E-state index is -1.10. The van der Waals surface area contributed by atoms with Crippen LogP contribution in [0.15, 0.2) is 65.8 Å². The molecule has 1 aliphatic heterocycles. The van der Waals surface area contributed by atoms with Gasteiger partial charge in [0.2, 0.25) is 0 Å². The highest BCUT2D eigenvalue weighted by Gasteiger charge is 2.27. The van der Waals surface area contributed by atoms with E-state index in [1.165, 1.54) is 6.39 Å². The molecule has 1 N–H and O–H groups in total. The Morgan fingerprint density at radius 3 is 2.97 bits per heavy atom. The maximum absolute atomic E-state index is 14.6. The fraction of sp³-hybridized carbons (Fsp3) is 0.296. The largest absolute Gasteiger partial charge is 0.491 e. The molecule has 0 aliphatic carbocycles. The lowest BCUT2D eigenvalue weighted by Gasteiger charge is -2.27. The topological polar surface area (TPSA) is 95.9 Å². The number of nitrogens with one attached hydrogen (secondary N) is 1. The highest BCUT2D eigenvalue weighted by molar-refractivity contribution is 5.98. The van der Waals surface area contributed by atoms with Crippen LogP contribution in [0.2, 0.25) is 0 Å². The van der Waals surface area contributed by atoms with Gasteiger partial charge in [0.05, 0.1) is 30.4 Å². The number of para-hydroxylation sites is 1. The van der Waals surface area contributed by atoms with Gasteiger partial charge in [-0.25, -0.2) is 19.3 Å². The van der Waals surface area contributed by atoms with Crippen LogP contribution in [0, 0.1) is 0 Å². The van der Waals surface area contributed by atoms with Crippen LogP contribution < -0.4 is 14.8 Å². The third-order valence-electron chi connectivity index (χ3n) is 6.43. The average molecular weight is 504 g/mol. The Morgan fingerprint density at radius 2 is 2.14 bits per heavy atom. The summed E-state index contributed by atoms with van der Waals surface area (Å²) in [6, 6.07) is 11.3. The highest BCUT2D eigenvalue weighted by Crippen LogP contribution is 2.37. The number of aromatic nitrogens is 4. The van der Waals surface area contributed by atoms with Gasteiger partial charge >= 0.3 is 0 Å². The molecule has 2 atom stereocenters. The SMILES string of the molecule is COCCOc1ccn2c(-c3cc(-c4cnco4)c4cccc(OC5CCNC[C@H]5F)c4n3)cnc2c1. The number of methoxy groups -OCH3 is 1. The third kappa shape index (κ3) is 4.61. The Bertz CT molecular complexity index is 1520. The van der Waals surface area contributed by atoms with Gasteiger partial charge in [0.25, 0.3) is 0 Å². The van der Waals surface area contributed by atoms with Crippen LogP contribution >= 0.6 is 0 Å². The number of benzene rings is 1. The molecule has 0 bridgehead atoms. The van der Waals surface area contributed by atoms with Crippen LogP contribution in [0.4, 0.5) is 4.39 Å². The maximum Gasteiger partial charge on any atom is 0.181 e. The molecule has 1 fully saturated rings. The van der Waals surface area contributed by atoms with E-state index < -0.39 is 12.3 Å². The van der Waals surface area contributed by atoms with Gasteiger partial charge in [-0.3, -0.25) is 4.40 Å². The number of oxazole rings is 1. The van der Waals surface area contributed by atoms with Gasteiger partial charge in [-0.2, -0.15) is 0 Å². The van der Waals surface area contributed by atoms with Gasteiger partial charge in [0.1, 0.15) is 41.5 Å². The molecule has 4 aromatic heterocycles. The Morgan fingerprint density at radius 1 is 1.19 bits per heavy atom. The molecule has 1 aromatic carbocycles. The maximum atomic E-state index is 14.6. The van der Waals surface area contributed by atoms with E-state index in [2.05, 4.69) is 15.3 Å². The van der Waals surface area contributed by atoms with Gasteiger partial charge in [-0.1, -0.05) is 12.1 Å². The Hall–Kier alpha value is -4.02. The molecular weight excluding hydrogens is 477 g/mol. The van der Waals surface area contributed by atoms with Crippen molar-refractivity contribution in [3.63, 3.8) is 0 Å². The zero-order chi connectivity index (χ0) is 25.2. The molecule has 10 heteroatoms. The minimum Gasteiger partial charge on any atom is -0.491 e. The molecule has 1 unspecified atom stereocenters. The second-order valence-electron chi connectivity index (χ2n) is 8.81. The van der Waals surface area contributed by atoms with Crippen molar-refractivity contribution in [3.05, 3.63) is 61.4 Å². The van der Waals surface area contributed by atoms with Crippen LogP contribution in [0.25, 0.3) is 39.3 Å². The van der Waals surface area contributed by atoms with Gasteiger partial charge in [-0.15, -0.1) is 0 Å². The number of halogens is 1. The lowest BCUT2D eigenvalue weighted by atomic mass is 10.0. The van der Waals surface area contributed by atoms with Gasteiger partial charge < -0.3 is 23.9 Å². The Labute approximate surface area is 212 Å². The first-order chi connectivity index (χ1) is 18.2. The van der Waals surface area contributed by atoms with Crippen LogP contribution in [-0.4, -0.2) is 65.0 Å². The lowest BCUT2D eigenvalue weighted by molar-refractivity contribution is 0.0743. The summed E-state index contributed by atoms with van der Waals surface area (Å²) in [5.41, 5.74) is 3.58. The number of rotatable bonds is 8. The van der Waals surface area contributed by atoms with Crippen molar-refractivity contribution in [2.24, 2.45) is 0 Å². The predicted octanol–water partition coefficient (Wildman–Crippen LogP) is 4.31. The molecule has 5 aromatic rings. The number of piperidine rings is 1. The van der Waals surface area contributed by atoms with Crippen molar-refractivity contribution in [2.45, 2.75) is 18.7 Å². The monoisotopic (exact) mass is 503 g/mol. The van der Waals surface area contributed by atoms with E-state index in [4.69, 9.17) is 23.6 Å². The molecular formula is C27H26FN5O4. The van der Waals surface area contributed by atoms with Crippen LogP contribution in [0.5, 0.6) is 11.5 Å². The molecule has 0 radical (unpaired) electrons. The molecule has 37 heavy (non-hydrogen) atoms. The van der Waals surface area contributed by atoms with Crippen molar-refractivity contribution in [2.75, 3.05) is 33.4 Å². The predicted molar refractivity (Wildman–Crippen MR) is 136 cm³/mol. The van der Waals surface area contributed by atoms with E-state index in [-0.39, 0.29) is 6.54 Å². The number of alkyl halides is 1. The smallest absolute Gasteiger partial charge is 0.181 e. The Balaban J connectivity index is 1.46. The Kier molecular flexibility index (Phi) is 6.42. The van der Waals surface area contributed by atoms with Crippen molar-refractivity contribution in [1.82, 2.24) is 24.7 Å². The quantitative estimate of drug-likeness (QED) is 0.313. The first-order valence-electron chi connectivity index (χ1n) is 12.1. The van der Waals surface area contributed by atoms with Crippen molar-refractivity contribution < 1.29 is 23.0 Å². The summed E-state index contributed by atoms with van der Waals surface area (Å²) < 4.78 is 39.2. The summed E-state index contributed by atoms with van der Waals surface area (Å²) in [7, 11) is 1.63. The number of hydrogen-bond acceptors (Lipinski definition) is 8. The molecule has 0 amide bonds. The number of ether oxygens (including phenoxy) is 3. The summed E-state index contributed by atoms with van der Waals surface area (Å²) in [6.45, 7) is 1.93.